The van der Waals surface area contributed by atoms with Crippen LogP contribution in [0.1, 0.15) is 44.7 Å². The van der Waals surface area contributed by atoms with Gasteiger partial charge >= 0.3 is 0 Å². The third-order valence-electron chi connectivity index (χ3n) is 5.70. The van der Waals surface area contributed by atoms with Gasteiger partial charge in [0.05, 0.1) is 5.70 Å². The zero-order valence-electron chi connectivity index (χ0n) is 18.1. The molecule has 0 unspecified atom stereocenters. The minimum atomic E-state index is -0.327. The van der Waals surface area contributed by atoms with Crippen LogP contribution in [0.5, 0.6) is 0 Å². The molecule has 0 bridgehead atoms. The van der Waals surface area contributed by atoms with Gasteiger partial charge in [0.15, 0.2) is 0 Å². The van der Waals surface area contributed by atoms with Crippen LogP contribution in [-0.4, -0.2) is 28.9 Å². The summed E-state index contributed by atoms with van der Waals surface area (Å²) in [6, 6.07) is 16.0. The van der Waals surface area contributed by atoms with E-state index in [1.165, 1.54) is 5.56 Å². The number of halogens is 1. The molecule has 2 heterocycles. The highest BCUT2D eigenvalue weighted by Crippen LogP contribution is 2.35. The number of thiocarbonyl (C=S) groups is 1. The quantitative estimate of drug-likeness (QED) is 0.578. The van der Waals surface area contributed by atoms with Crippen molar-refractivity contribution in [3.63, 3.8) is 0 Å². The summed E-state index contributed by atoms with van der Waals surface area (Å²) >= 11 is 11.4. The highest BCUT2D eigenvalue weighted by atomic mass is 35.5. The molecule has 0 amide bonds. The molecule has 7 heteroatoms. The molecule has 2 aromatic carbocycles. The molecule has 4 rings (SSSR count). The monoisotopic (exact) mass is 457 g/mol. The maximum atomic E-state index is 5.99. The van der Waals surface area contributed by atoms with Crippen LogP contribution in [0.2, 0.25) is 5.02 Å². The summed E-state index contributed by atoms with van der Waals surface area (Å²) in [7, 11) is 0. The van der Waals surface area contributed by atoms with E-state index in [1.807, 2.05) is 41.5 Å². The van der Waals surface area contributed by atoms with Crippen molar-refractivity contribution in [2.75, 3.05) is 18.4 Å². The molecule has 2 aliphatic rings. The Morgan fingerprint density at radius 2 is 1.74 bits per heavy atom. The van der Waals surface area contributed by atoms with Gasteiger partial charge < -0.3 is 10.2 Å². The molecule has 1 spiro atoms. The maximum absolute atomic E-state index is 5.99. The van der Waals surface area contributed by atoms with Crippen LogP contribution in [0.3, 0.4) is 0 Å². The molecule has 2 aliphatic heterocycles. The average Bonchev–Trinajstić information content (AvgIpc) is 3.14. The molecule has 2 N–H and O–H groups in total. The molecule has 2 aromatic rings. The van der Waals surface area contributed by atoms with E-state index in [0.717, 1.165) is 47.9 Å². The van der Waals surface area contributed by atoms with Crippen molar-refractivity contribution >= 4 is 40.4 Å². The minimum absolute atomic E-state index is 0.123. The second kappa shape index (κ2) is 8.79. The Kier molecular flexibility index (Phi) is 6.26. The van der Waals surface area contributed by atoms with Gasteiger partial charge in [0.25, 0.3) is 5.17 Å². The molecule has 0 aromatic heterocycles. The van der Waals surface area contributed by atoms with Crippen LogP contribution < -0.4 is 10.8 Å². The van der Waals surface area contributed by atoms with Gasteiger partial charge in [-0.15, -0.1) is 5.06 Å². The lowest BCUT2D eigenvalue weighted by Crippen LogP contribution is -2.45. The fourth-order valence-electron chi connectivity index (χ4n) is 3.76. The van der Waals surface area contributed by atoms with Crippen LogP contribution in [0.4, 0.5) is 5.69 Å². The standard InChI is InChI=1S/C24H28ClN3O2S/c1-23(2,3)18-6-10-20(11-7-18)26-22(31)29-28-14-12-24(13-15-28)16-21(27-30-24)17-4-8-19(25)9-5-17/h4-11,16,27H,12-15H2,1-3H3,(H,26,31). The van der Waals surface area contributed by atoms with E-state index in [9.17, 15) is 0 Å². The summed E-state index contributed by atoms with van der Waals surface area (Å²) in [6.45, 7) is 8.03. The van der Waals surface area contributed by atoms with Gasteiger partial charge in [-0.05, 0) is 71.9 Å². The van der Waals surface area contributed by atoms with Gasteiger partial charge in [-0.1, -0.05) is 56.6 Å². The molecule has 0 saturated carbocycles. The number of rotatable bonds is 3. The van der Waals surface area contributed by atoms with Crippen molar-refractivity contribution in [1.29, 1.82) is 0 Å². The Labute approximate surface area is 194 Å². The third kappa shape index (κ3) is 5.39. The molecular weight excluding hydrogens is 430 g/mol. The molecule has 0 radical (unpaired) electrons. The second-order valence-corrected chi connectivity index (χ2v) is 9.90. The first-order chi connectivity index (χ1) is 14.7. The molecule has 5 nitrogen and oxygen atoms in total. The Morgan fingerprint density at radius 1 is 1.10 bits per heavy atom. The lowest BCUT2D eigenvalue weighted by atomic mass is 9.87. The first-order valence-electron chi connectivity index (χ1n) is 10.5. The summed E-state index contributed by atoms with van der Waals surface area (Å²) in [5.74, 6) is 0. The lowest BCUT2D eigenvalue weighted by molar-refractivity contribution is -0.142. The highest BCUT2D eigenvalue weighted by Gasteiger charge is 2.39. The molecular formula is C24H28ClN3O2S. The van der Waals surface area contributed by atoms with Gasteiger partial charge in [0.1, 0.15) is 5.60 Å². The smallest absolute Gasteiger partial charge is 0.283 e. The van der Waals surface area contributed by atoms with Crippen molar-refractivity contribution in [3.05, 3.63) is 70.8 Å². The Hall–Kier alpha value is -2.12. The summed E-state index contributed by atoms with van der Waals surface area (Å²) in [5.41, 5.74) is 7.11. The van der Waals surface area contributed by atoms with Crippen LogP contribution in [0.25, 0.3) is 5.70 Å². The number of hydrogen-bond donors (Lipinski definition) is 2. The van der Waals surface area contributed by atoms with Gasteiger partial charge in [-0.2, -0.15) is 0 Å². The lowest BCUT2D eigenvalue weighted by Gasteiger charge is -2.35. The fraction of sp³-hybridized carbons (Fsp3) is 0.375. The van der Waals surface area contributed by atoms with E-state index in [4.69, 9.17) is 33.5 Å². The zero-order chi connectivity index (χ0) is 22.1. The molecule has 164 valence electrons. The summed E-state index contributed by atoms with van der Waals surface area (Å²) in [4.78, 5) is 11.8. The number of nitrogens with zero attached hydrogens (tertiary/aromatic N) is 1. The molecule has 31 heavy (non-hydrogen) atoms. The molecule has 0 atom stereocenters. The van der Waals surface area contributed by atoms with E-state index < -0.39 is 0 Å². The van der Waals surface area contributed by atoms with Crippen molar-refractivity contribution in [1.82, 2.24) is 10.5 Å². The zero-order valence-corrected chi connectivity index (χ0v) is 19.6. The van der Waals surface area contributed by atoms with Gasteiger partial charge in [0.2, 0.25) is 0 Å². The Balaban J connectivity index is 1.29. The minimum Gasteiger partial charge on any atom is -0.375 e. The normalized spacial score (nSPS) is 18.4. The summed E-state index contributed by atoms with van der Waals surface area (Å²) in [5, 5.41) is 6.12. The van der Waals surface area contributed by atoms with Gasteiger partial charge in [0, 0.05) is 23.8 Å². The van der Waals surface area contributed by atoms with Crippen molar-refractivity contribution in [2.24, 2.45) is 0 Å². The van der Waals surface area contributed by atoms with E-state index in [-0.39, 0.29) is 11.0 Å². The SMILES string of the molecule is CC(C)(C)c1ccc(NC(=S)ON2CCC3(C=C(c4ccc(Cl)cc4)NO3)CC2)cc1. The summed E-state index contributed by atoms with van der Waals surface area (Å²) in [6.07, 6.45) is 3.78. The second-order valence-electron chi connectivity index (χ2n) is 9.09. The van der Waals surface area contributed by atoms with Crippen LogP contribution in [-0.2, 0) is 15.1 Å². The molecule has 1 fully saturated rings. The largest absolute Gasteiger partial charge is 0.375 e. The van der Waals surface area contributed by atoms with Gasteiger partial charge in [-0.25, -0.2) is 0 Å². The maximum Gasteiger partial charge on any atom is 0.283 e. The number of hydrogen-bond acceptors (Lipinski definition) is 5. The van der Waals surface area contributed by atoms with E-state index in [2.05, 4.69) is 49.8 Å². The predicted molar refractivity (Wildman–Crippen MR) is 130 cm³/mol. The number of hydroxylamine groups is 3. The number of benzene rings is 2. The highest BCUT2D eigenvalue weighted by molar-refractivity contribution is 7.80. The van der Waals surface area contributed by atoms with Crippen molar-refractivity contribution in [3.8, 4) is 0 Å². The predicted octanol–water partition coefficient (Wildman–Crippen LogP) is 5.68. The van der Waals surface area contributed by atoms with Crippen molar-refractivity contribution < 1.29 is 9.68 Å². The summed E-state index contributed by atoms with van der Waals surface area (Å²) < 4.78 is 0. The van der Waals surface area contributed by atoms with Crippen molar-refractivity contribution in [2.45, 2.75) is 44.6 Å². The van der Waals surface area contributed by atoms with E-state index >= 15 is 0 Å². The first kappa shape index (κ1) is 22.1. The van der Waals surface area contributed by atoms with Crippen LogP contribution in [0.15, 0.2) is 54.6 Å². The Bertz CT molecular complexity index is 960. The topological polar surface area (TPSA) is 45.8 Å². The van der Waals surface area contributed by atoms with E-state index in [1.54, 1.807) is 0 Å². The Morgan fingerprint density at radius 3 is 2.35 bits per heavy atom. The number of nitrogens with one attached hydrogen (secondary N) is 2. The number of piperidine rings is 1. The molecule has 0 aliphatic carbocycles. The number of anilines is 1. The van der Waals surface area contributed by atoms with Crippen LogP contribution in [0, 0.1) is 0 Å². The van der Waals surface area contributed by atoms with E-state index in [0.29, 0.717) is 5.17 Å². The molecule has 1 saturated heterocycles. The third-order valence-corrected chi connectivity index (χ3v) is 6.13. The fourth-order valence-corrected chi connectivity index (χ4v) is 4.11. The first-order valence-corrected chi connectivity index (χ1v) is 11.3. The van der Waals surface area contributed by atoms with Gasteiger partial charge in [-0.3, -0.25) is 10.3 Å². The van der Waals surface area contributed by atoms with Crippen LogP contribution >= 0.6 is 23.8 Å². The average molecular weight is 458 g/mol.